The summed E-state index contributed by atoms with van der Waals surface area (Å²) in [6.07, 6.45) is -5.79. The number of benzene rings is 1. The van der Waals surface area contributed by atoms with Crippen LogP contribution in [0.1, 0.15) is 32.6 Å². The van der Waals surface area contributed by atoms with Gasteiger partial charge in [0, 0.05) is 9.75 Å². The molecule has 0 radical (unpaired) electrons. The fraction of sp³-hybridized carbons (Fsp3) is 0.294. The van der Waals surface area contributed by atoms with E-state index in [1.54, 1.807) is 13.0 Å². The summed E-state index contributed by atoms with van der Waals surface area (Å²) in [5, 5.41) is 2.19. The van der Waals surface area contributed by atoms with Crippen molar-refractivity contribution in [2.45, 2.75) is 33.1 Å². The average molecular weight is 406 g/mol. The zero-order valence-corrected chi connectivity index (χ0v) is 15.6. The van der Waals surface area contributed by atoms with Crippen LogP contribution >= 0.6 is 22.9 Å². The summed E-state index contributed by atoms with van der Waals surface area (Å²) in [5.41, 5.74) is -0.813. The number of alkyl halides is 3. The summed E-state index contributed by atoms with van der Waals surface area (Å²) in [6.45, 7) is 4.91. The minimum atomic E-state index is -4.57. The fourth-order valence-corrected chi connectivity index (χ4v) is 3.22. The summed E-state index contributed by atoms with van der Waals surface area (Å²) in [7, 11) is 0. The van der Waals surface area contributed by atoms with Crippen LogP contribution in [-0.4, -0.2) is 18.0 Å². The molecule has 4 nitrogen and oxygen atoms in total. The molecule has 0 fully saturated rings. The smallest absolute Gasteiger partial charge is 0.416 e. The number of carbonyl (C=O) groups is 2. The largest absolute Gasteiger partial charge is 0.449 e. The number of aryl methyl sites for hydroxylation is 2. The SMILES string of the molecule is Cc1cc(C(=O)O[C@@H](C)C(=O)Nc2cc(C(F)(F)F)ccc2Cl)c(C)s1. The van der Waals surface area contributed by atoms with Crippen LogP contribution in [-0.2, 0) is 15.7 Å². The van der Waals surface area contributed by atoms with Crippen LogP contribution in [0.2, 0.25) is 5.02 Å². The third-order valence-corrected chi connectivity index (χ3v) is 4.76. The lowest BCUT2D eigenvalue weighted by Crippen LogP contribution is -2.30. The quantitative estimate of drug-likeness (QED) is 0.709. The number of halogens is 4. The Morgan fingerprint density at radius 2 is 1.88 bits per heavy atom. The van der Waals surface area contributed by atoms with Gasteiger partial charge in [-0.3, -0.25) is 4.79 Å². The van der Waals surface area contributed by atoms with E-state index in [0.29, 0.717) is 5.56 Å². The van der Waals surface area contributed by atoms with E-state index in [1.165, 1.54) is 18.3 Å². The Hall–Kier alpha value is -2.06. The van der Waals surface area contributed by atoms with Gasteiger partial charge in [-0.2, -0.15) is 13.2 Å². The highest BCUT2D eigenvalue weighted by Crippen LogP contribution is 2.34. The van der Waals surface area contributed by atoms with Crippen molar-refractivity contribution in [1.82, 2.24) is 0 Å². The molecule has 1 aromatic carbocycles. The van der Waals surface area contributed by atoms with Crippen molar-refractivity contribution < 1.29 is 27.5 Å². The highest BCUT2D eigenvalue weighted by molar-refractivity contribution is 7.12. The minimum Gasteiger partial charge on any atom is -0.449 e. The first-order valence-corrected chi connectivity index (χ1v) is 8.64. The van der Waals surface area contributed by atoms with Crippen molar-refractivity contribution in [3.63, 3.8) is 0 Å². The van der Waals surface area contributed by atoms with Crippen molar-refractivity contribution in [2.24, 2.45) is 0 Å². The van der Waals surface area contributed by atoms with E-state index in [1.807, 2.05) is 6.92 Å². The predicted octanol–water partition coefficient (Wildman–Crippen LogP) is 5.22. The highest BCUT2D eigenvalue weighted by atomic mass is 35.5. The maximum absolute atomic E-state index is 12.8. The number of ether oxygens (including phenoxy) is 1. The molecule has 140 valence electrons. The lowest BCUT2D eigenvalue weighted by atomic mass is 10.2. The van der Waals surface area contributed by atoms with E-state index in [4.69, 9.17) is 16.3 Å². The number of rotatable bonds is 4. The summed E-state index contributed by atoms with van der Waals surface area (Å²) < 4.78 is 43.4. The van der Waals surface area contributed by atoms with E-state index >= 15 is 0 Å². The topological polar surface area (TPSA) is 55.4 Å². The number of amides is 1. The second kappa shape index (κ2) is 7.67. The Morgan fingerprint density at radius 3 is 2.42 bits per heavy atom. The predicted molar refractivity (Wildman–Crippen MR) is 93.8 cm³/mol. The number of hydrogen-bond acceptors (Lipinski definition) is 4. The normalized spacial score (nSPS) is 12.6. The first kappa shape index (κ1) is 20.3. The Balaban J connectivity index is 2.10. The first-order valence-electron chi connectivity index (χ1n) is 7.44. The van der Waals surface area contributed by atoms with Crippen molar-refractivity contribution in [2.75, 3.05) is 5.32 Å². The van der Waals surface area contributed by atoms with Gasteiger partial charge in [-0.1, -0.05) is 11.6 Å². The number of esters is 1. The van der Waals surface area contributed by atoms with Crippen LogP contribution in [0.15, 0.2) is 24.3 Å². The Morgan fingerprint density at radius 1 is 1.23 bits per heavy atom. The van der Waals surface area contributed by atoms with Gasteiger partial charge < -0.3 is 10.1 Å². The second-order valence-corrected chi connectivity index (χ2v) is 7.42. The van der Waals surface area contributed by atoms with Crippen molar-refractivity contribution >= 4 is 40.5 Å². The van der Waals surface area contributed by atoms with Gasteiger partial charge in [0.2, 0.25) is 0 Å². The summed E-state index contributed by atoms with van der Waals surface area (Å²) in [4.78, 5) is 26.0. The van der Waals surface area contributed by atoms with Crippen LogP contribution in [0.3, 0.4) is 0 Å². The summed E-state index contributed by atoms with van der Waals surface area (Å²) in [6, 6.07) is 4.22. The summed E-state index contributed by atoms with van der Waals surface area (Å²) >= 11 is 7.25. The third kappa shape index (κ3) is 4.76. The molecule has 0 aliphatic carbocycles. The standard InChI is InChI=1S/C17H15ClF3NO3S/c1-8-6-12(10(3)26-8)16(24)25-9(2)15(23)22-14-7-11(17(19,20)21)4-5-13(14)18/h4-7,9H,1-3H3,(H,22,23)/t9-/m0/s1. The summed E-state index contributed by atoms with van der Waals surface area (Å²) in [5.74, 6) is -1.46. The van der Waals surface area contributed by atoms with Crippen LogP contribution < -0.4 is 5.32 Å². The molecule has 26 heavy (non-hydrogen) atoms. The molecule has 0 saturated heterocycles. The van der Waals surface area contributed by atoms with Gasteiger partial charge >= 0.3 is 12.1 Å². The van der Waals surface area contributed by atoms with Crippen LogP contribution in [0.25, 0.3) is 0 Å². The maximum atomic E-state index is 12.8. The lowest BCUT2D eigenvalue weighted by Gasteiger charge is -2.15. The molecular formula is C17H15ClF3NO3S. The lowest BCUT2D eigenvalue weighted by molar-refractivity contribution is -0.137. The number of carbonyl (C=O) groups excluding carboxylic acids is 2. The number of thiophene rings is 1. The average Bonchev–Trinajstić information content (AvgIpc) is 2.86. The highest BCUT2D eigenvalue weighted by Gasteiger charge is 2.31. The van der Waals surface area contributed by atoms with Crippen molar-refractivity contribution in [3.8, 4) is 0 Å². The van der Waals surface area contributed by atoms with Crippen LogP contribution in [0.4, 0.5) is 18.9 Å². The molecule has 1 amide bonds. The molecule has 0 aliphatic rings. The molecule has 1 aromatic heterocycles. The molecule has 1 N–H and O–H groups in total. The van der Waals surface area contributed by atoms with Gasteiger partial charge in [0.1, 0.15) is 0 Å². The molecule has 9 heteroatoms. The Labute approximate surface area is 156 Å². The Kier molecular flexibility index (Phi) is 5.98. The molecule has 0 saturated carbocycles. The third-order valence-electron chi connectivity index (χ3n) is 3.47. The first-order chi connectivity index (χ1) is 12.0. The van der Waals surface area contributed by atoms with Crippen molar-refractivity contribution in [3.05, 3.63) is 50.2 Å². The second-order valence-electron chi connectivity index (χ2n) is 5.56. The van der Waals surface area contributed by atoms with Gasteiger partial charge in [-0.15, -0.1) is 11.3 Å². The molecule has 2 rings (SSSR count). The molecule has 0 aliphatic heterocycles. The van der Waals surface area contributed by atoms with Crippen LogP contribution in [0.5, 0.6) is 0 Å². The maximum Gasteiger partial charge on any atom is 0.416 e. The molecule has 1 atom stereocenters. The van der Waals surface area contributed by atoms with Gasteiger partial charge in [0.15, 0.2) is 6.10 Å². The zero-order valence-electron chi connectivity index (χ0n) is 14.0. The van der Waals surface area contributed by atoms with Gasteiger partial charge in [-0.05, 0) is 45.0 Å². The van der Waals surface area contributed by atoms with E-state index in [2.05, 4.69) is 5.32 Å². The fourth-order valence-electron chi connectivity index (χ4n) is 2.14. The molecule has 0 bridgehead atoms. The van der Waals surface area contributed by atoms with E-state index in [0.717, 1.165) is 28.0 Å². The number of nitrogens with one attached hydrogen (secondary N) is 1. The molecular weight excluding hydrogens is 391 g/mol. The minimum absolute atomic E-state index is 0.0609. The van der Waals surface area contributed by atoms with E-state index in [9.17, 15) is 22.8 Å². The Bertz CT molecular complexity index is 848. The number of hydrogen-bond donors (Lipinski definition) is 1. The van der Waals surface area contributed by atoms with E-state index < -0.39 is 29.7 Å². The van der Waals surface area contributed by atoms with E-state index in [-0.39, 0.29) is 10.7 Å². The van der Waals surface area contributed by atoms with Gasteiger partial charge in [0.25, 0.3) is 5.91 Å². The zero-order chi connectivity index (χ0) is 19.6. The van der Waals surface area contributed by atoms with Gasteiger partial charge in [-0.25, -0.2) is 4.79 Å². The van der Waals surface area contributed by atoms with Crippen molar-refractivity contribution in [1.29, 1.82) is 0 Å². The molecule has 0 spiro atoms. The van der Waals surface area contributed by atoms with Gasteiger partial charge in [0.05, 0.1) is 21.8 Å². The number of anilines is 1. The molecule has 0 unspecified atom stereocenters. The molecule has 1 heterocycles. The monoisotopic (exact) mass is 405 g/mol. The molecule has 2 aromatic rings. The van der Waals surface area contributed by atoms with Crippen LogP contribution in [0, 0.1) is 13.8 Å².